The van der Waals surface area contributed by atoms with Crippen LogP contribution in [0.5, 0.6) is 5.75 Å². The van der Waals surface area contributed by atoms with Gasteiger partial charge in [0.2, 0.25) is 23.6 Å². The lowest BCUT2D eigenvalue weighted by Crippen LogP contribution is -2.53. The van der Waals surface area contributed by atoms with E-state index in [9.17, 15) is 53.1 Å². The van der Waals surface area contributed by atoms with Gasteiger partial charge in [0.1, 0.15) is 52.1 Å². The van der Waals surface area contributed by atoms with Crippen LogP contribution in [0.25, 0.3) is 10.9 Å². The van der Waals surface area contributed by atoms with Gasteiger partial charge >= 0.3 is 18.0 Å². The second kappa shape index (κ2) is 30.7. The van der Waals surface area contributed by atoms with Gasteiger partial charge in [0.15, 0.2) is 5.78 Å². The summed E-state index contributed by atoms with van der Waals surface area (Å²) in [4.78, 5) is 144. The van der Waals surface area contributed by atoms with Crippen molar-refractivity contribution in [3.8, 4) is 5.75 Å². The van der Waals surface area contributed by atoms with Crippen LogP contribution in [0.4, 0.5) is 10.5 Å². The Kier molecular flexibility index (Phi) is 23.9. The van der Waals surface area contributed by atoms with Crippen LogP contribution in [0.1, 0.15) is 141 Å². The minimum atomic E-state index is -1.67. The molecular weight excluding hydrogens is 1190 g/mol. The molecule has 0 aliphatic carbocycles. The number of methoxy groups -OCH3 is 2. The number of hydrogen-bond donors (Lipinski definition) is 4. The van der Waals surface area contributed by atoms with Gasteiger partial charge < -0.3 is 55.0 Å². The van der Waals surface area contributed by atoms with E-state index in [2.05, 4.69) is 15.6 Å². The highest BCUT2D eigenvalue weighted by molar-refractivity contribution is 6.35. The number of likely N-dealkylation sites (tertiary alicyclic amines) is 1. The predicted octanol–water partition coefficient (Wildman–Crippen LogP) is 6.86. The smallest absolute Gasteiger partial charge is 0.328 e. The van der Waals surface area contributed by atoms with Crippen molar-refractivity contribution in [2.24, 2.45) is 29.4 Å². The number of nitrogens with one attached hydrogen (secondary N) is 2. The first kappa shape index (κ1) is 70.9. The van der Waals surface area contributed by atoms with E-state index in [-0.39, 0.29) is 103 Å². The molecule has 4 aliphatic rings. The molecule has 0 radical (unpaired) electrons. The zero-order valence-electron chi connectivity index (χ0n) is 54.0. The number of halogens is 1. The summed E-state index contributed by atoms with van der Waals surface area (Å²) in [6.07, 6.45) is 4.62. The molecule has 1 unspecified atom stereocenters. The summed E-state index contributed by atoms with van der Waals surface area (Å²) in [7, 11) is 5.85. The number of carbonyl (C=O) groups is 10. The summed E-state index contributed by atoms with van der Waals surface area (Å²) in [5, 5.41) is 18.1. The third-order valence-electron chi connectivity index (χ3n) is 18.2. The number of aliphatic hydroxyl groups is 1. The van der Waals surface area contributed by atoms with Gasteiger partial charge in [-0.1, -0.05) is 81.7 Å². The lowest BCUT2D eigenvalue weighted by Gasteiger charge is -2.41. The summed E-state index contributed by atoms with van der Waals surface area (Å²) in [6, 6.07) is 6.84. The van der Waals surface area contributed by atoms with Crippen molar-refractivity contribution >= 4 is 87.3 Å². The fourth-order valence-electron chi connectivity index (χ4n) is 12.4. The van der Waals surface area contributed by atoms with E-state index in [0.717, 1.165) is 11.1 Å². The van der Waals surface area contributed by atoms with Gasteiger partial charge in [0.25, 0.3) is 5.91 Å². The molecule has 7 amide bonds. The Labute approximate surface area is 536 Å². The summed E-state index contributed by atoms with van der Waals surface area (Å²) < 4.78 is 30.0. The fourth-order valence-corrected chi connectivity index (χ4v) is 12.7. The largest absolute Gasteiger partial charge is 0.495 e. The summed E-state index contributed by atoms with van der Waals surface area (Å²) in [5.41, 5.74) is 5.00. The van der Waals surface area contributed by atoms with Crippen LogP contribution < -0.4 is 26.0 Å². The summed E-state index contributed by atoms with van der Waals surface area (Å²) in [6.45, 7) is 12.6. The van der Waals surface area contributed by atoms with Crippen LogP contribution in [0.2, 0.25) is 5.02 Å². The van der Waals surface area contributed by atoms with Crippen molar-refractivity contribution in [3.63, 3.8) is 0 Å². The summed E-state index contributed by atoms with van der Waals surface area (Å²) >= 11 is 6.89. The number of hydrogen-bond acceptors (Lipinski definition) is 17. The first-order chi connectivity index (χ1) is 43.0. The average molecular weight is 1280 g/mol. The number of urea groups is 1. The topological polar surface area (TPSA) is 313 Å². The molecule has 0 saturated carbocycles. The van der Waals surface area contributed by atoms with Crippen LogP contribution in [-0.4, -0.2) is 168 Å². The quantitative estimate of drug-likeness (QED) is 0.0308. The van der Waals surface area contributed by atoms with Gasteiger partial charge in [0, 0.05) is 95.7 Å². The van der Waals surface area contributed by atoms with Gasteiger partial charge in [-0.2, -0.15) is 0 Å². The molecule has 11 atom stereocenters. The predicted molar refractivity (Wildman–Crippen MR) is 337 cm³/mol. The van der Waals surface area contributed by atoms with E-state index >= 15 is 0 Å². The standard InChI is InChI=1S/C67H88ClN7O16/c1-37(2)47(33-44(76)19-13-12-14-27-75-56(79)29-39(4)62(75)82)61(81)72-48(21-17-26-71-65(69)85)50(77)32-43-23-24-46(59-45(43)20-16-25-70-59)63(83)73(8)41(6)64(84)90-54-34-55(78)74(9)49-30-42(31-51(87-10)58(49)68)28-38(3)18-15-22-53(88-11)67(86)35-52(89-57(80)36-67)40(5)60-66(54,7)91-60/h15-16,18,20,22-25,30-31,37,39-41,47-48,52-54,60,86H,12-14,17,19,21,26-29,32-36H2,1-11H3,(H,72,81)(H3,69,71,85)/b22-15+,38-18+/t39?,40-,41+,47+,48+,52+,53-,54+,60+,66+,67-/m1/s1. The molecule has 23 nitrogen and oxygen atoms in total. The number of primary amides is 1. The number of ether oxygens (including phenoxy) is 5. The minimum absolute atomic E-state index is 0.0250. The number of amides is 7. The first-order valence-corrected chi connectivity index (χ1v) is 31.6. The molecule has 5 N–H and O–H groups in total. The Hall–Kier alpha value is -7.60. The molecule has 91 heavy (non-hydrogen) atoms. The molecule has 3 fully saturated rings. The maximum Gasteiger partial charge on any atom is 0.328 e. The van der Waals surface area contributed by atoms with Crippen LogP contribution >= 0.6 is 11.6 Å². The van der Waals surface area contributed by atoms with Gasteiger partial charge in [-0.05, 0) is 94.2 Å². The highest BCUT2D eigenvalue weighted by Gasteiger charge is 2.64. The van der Waals surface area contributed by atoms with Crippen molar-refractivity contribution in [1.29, 1.82) is 0 Å². The fraction of sp³-hybridized carbons (Fsp3) is 0.567. The van der Waals surface area contributed by atoms with E-state index in [4.69, 9.17) is 41.0 Å². The van der Waals surface area contributed by atoms with E-state index < -0.39 is 107 Å². The van der Waals surface area contributed by atoms with Crippen molar-refractivity contribution in [1.82, 2.24) is 25.4 Å². The molecule has 0 spiro atoms. The molecule has 7 rings (SSSR count). The SMILES string of the molecule is COc1cc2cc(c1Cl)N(C)C(=O)C[C@H](OC(=O)[C@H](C)N(C)C(=O)c1ccc(CC(=O)[C@H](CCCNC(N)=O)NC(=O)[C@@H](CC(=O)CCCCCN3C(=O)CC(C)C3=O)C(C)C)c3cccnc13)[C@]1(C)O[C@H]1[C@H](C)[C@@H]1C[C@@](O)(CC(=O)O1)[C@H](OC)/C=C/C=C(\C)C2. The number of imide groups is 1. The maximum absolute atomic E-state index is 14.7. The Balaban J connectivity index is 1.08. The number of nitrogens with two attached hydrogens (primary N) is 1. The number of esters is 2. The number of aromatic nitrogens is 1. The van der Waals surface area contributed by atoms with Gasteiger partial charge in [-0.15, -0.1) is 0 Å². The molecular formula is C67H88ClN7O16. The molecule has 3 saturated heterocycles. The number of carbonyl (C=O) groups excluding carboxylic acids is 10. The zero-order chi connectivity index (χ0) is 66.8. The van der Waals surface area contributed by atoms with Crippen molar-refractivity contribution < 1.29 is 76.7 Å². The lowest BCUT2D eigenvalue weighted by molar-refractivity contribution is -0.187. The number of rotatable bonds is 24. The van der Waals surface area contributed by atoms with Crippen LogP contribution in [0, 0.1) is 23.7 Å². The second-order valence-corrected chi connectivity index (χ2v) is 25.7. The zero-order valence-corrected chi connectivity index (χ0v) is 54.7. The normalized spacial score (nSPS) is 25.5. The number of epoxide rings is 1. The molecule has 4 bridgehead atoms. The van der Waals surface area contributed by atoms with Crippen molar-refractivity contribution in [2.45, 2.75) is 180 Å². The third kappa shape index (κ3) is 17.1. The number of likely N-dealkylation sites (N-methyl/N-ethyl adjacent to an activating group) is 1. The minimum Gasteiger partial charge on any atom is -0.495 e. The average Bonchev–Trinajstić information content (AvgIpc) is 1.58. The van der Waals surface area contributed by atoms with Gasteiger partial charge in [0.05, 0.1) is 48.9 Å². The molecule has 2 aromatic carbocycles. The highest BCUT2D eigenvalue weighted by atomic mass is 35.5. The van der Waals surface area contributed by atoms with E-state index in [1.807, 2.05) is 26.8 Å². The van der Waals surface area contributed by atoms with Gasteiger partial charge in [-0.3, -0.25) is 48.2 Å². The number of unbranched alkanes of at least 4 members (excludes halogenated alkanes) is 2. The number of benzene rings is 2. The number of ketones is 2. The molecule has 4 aliphatic heterocycles. The Morgan fingerprint density at radius 3 is 2.40 bits per heavy atom. The van der Waals surface area contributed by atoms with E-state index in [0.29, 0.717) is 54.6 Å². The number of Topliss-reactive ketones (excluding diaryl/α,β-unsaturated/α-hetero) is 2. The van der Waals surface area contributed by atoms with Crippen molar-refractivity contribution in [3.05, 3.63) is 88.1 Å². The van der Waals surface area contributed by atoms with Crippen LogP contribution in [0.3, 0.4) is 0 Å². The van der Waals surface area contributed by atoms with Gasteiger partial charge in [-0.25, -0.2) is 9.59 Å². The maximum atomic E-state index is 14.7. The number of pyridine rings is 1. The number of anilines is 1. The van der Waals surface area contributed by atoms with E-state index in [1.54, 1.807) is 63.3 Å². The third-order valence-corrected chi connectivity index (χ3v) is 18.6. The molecule has 3 aromatic rings. The number of fused-ring (bicyclic) bond motifs is 6. The van der Waals surface area contributed by atoms with Crippen LogP contribution in [-0.2, 0) is 70.1 Å². The van der Waals surface area contributed by atoms with Crippen molar-refractivity contribution in [2.75, 3.05) is 46.3 Å². The second-order valence-electron chi connectivity index (χ2n) is 25.3. The van der Waals surface area contributed by atoms with Crippen LogP contribution in [0.15, 0.2) is 66.4 Å². The first-order valence-electron chi connectivity index (χ1n) is 31.2. The Morgan fingerprint density at radius 1 is 0.989 bits per heavy atom. The Morgan fingerprint density at radius 2 is 1.73 bits per heavy atom. The molecule has 5 heterocycles. The number of allylic oxidation sites excluding steroid dienone is 3. The molecule has 24 heteroatoms. The monoisotopic (exact) mass is 1280 g/mol. The summed E-state index contributed by atoms with van der Waals surface area (Å²) in [5.74, 6) is -5.80. The highest BCUT2D eigenvalue weighted by Crippen LogP contribution is 2.50. The van der Waals surface area contributed by atoms with E-state index in [1.165, 1.54) is 62.2 Å². The Bertz CT molecular complexity index is 3330. The lowest BCUT2D eigenvalue weighted by atomic mass is 9.78. The molecule has 1 aromatic heterocycles. The molecule has 494 valence electrons. The number of nitrogens with zero attached hydrogens (tertiary/aromatic N) is 4.